The maximum Gasteiger partial charge on any atom is 0.351 e. The largest absolute Gasteiger partial charge is 0.497 e. The van der Waals surface area contributed by atoms with Crippen LogP contribution < -0.4 is 10.1 Å². The summed E-state index contributed by atoms with van der Waals surface area (Å²) < 4.78 is 11.6. The molecule has 0 radical (unpaired) electrons. The van der Waals surface area contributed by atoms with Crippen molar-refractivity contribution >= 4 is 44.2 Å². The monoisotopic (exact) mass is 446 g/mol. The number of hydrogen-bond acceptors (Lipinski definition) is 7. The number of benzene rings is 2. The van der Waals surface area contributed by atoms with E-state index in [9.17, 15) is 10.1 Å². The standard InChI is InChI=1S/C24H22N4O3S/c1-3-4-7-12-31-23(29)18(14-25)21-16-8-5-6-9-17(16)22(27-21)28-24-26-19-11-10-15(30-2)13-20(19)32-24/h5-6,8-11,13H,3-4,7,12H2,1-2H3,(H,26,27,28). The van der Waals surface area contributed by atoms with E-state index in [2.05, 4.69) is 22.2 Å². The summed E-state index contributed by atoms with van der Waals surface area (Å²) >= 11 is 1.43. The van der Waals surface area contributed by atoms with Gasteiger partial charge in [-0.2, -0.15) is 5.26 Å². The van der Waals surface area contributed by atoms with Crippen LogP contribution in [0.1, 0.15) is 37.3 Å². The van der Waals surface area contributed by atoms with Crippen LogP contribution in [0, 0.1) is 11.3 Å². The molecule has 0 fully saturated rings. The quantitative estimate of drug-likeness (QED) is 0.239. The topological polar surface area (TPSA) is 96.6 Å². The van der Waals surface area contributed by atoms with E-state index in [4.69, 9.17) is 9.47 Å². The lowest BCUT2D eigenvalue weighted by Crippen LogP contribution is -2.18. The van der Waals surface area contributed by atoms with Crippen molar-refractivity contribution < 1.29 is 14.3 Å². The Hall–Kier alpha value is -3.70. The molecule has 8 heteroatoms. The Labute approximate surface area is 190 Å². The summed E-state index contributed by atoms with van der Waals surface area (Å²) in [5.74, 6) is 0.661. The Balaban J connectivity index is 1.68. The van der Waals surface area contributed by atoms with Crippen LogP contribution in [0.5, 0.6) is 5.75 Å². The number of carbonyl (C=O) groups excluding carboxylic acids is 1. The highest BCUT2D eigenvalue weighted by molar-refractivity contribution is 7.22. The van der Waals surface area contributed by atoms with Crippen molar-refractivity contribution in [2.75, 3.05) is 13.7 Å². The highest BCUT2D eigenvalue weighted by Gasteiger charge is 2.28. The number of nitriles is 1. The highest BCUT2D eigenvalue weighted by Crippen LogP contribution is 2.33. The minimum absolute atomic E-state index is 0.0619. The smallest absolute Gasteiger partial charge is 0.351 e. The normalized spacial score (nSPS) is 15.2. The number of methoxy groups -OCH3 is 1. The van der Waals surface area contributed by atoms with Crippen LogP contribution in [0.3, 0.4) is 0 Å². The van der Waals surface area contributed by atoms with Crippen LogP contribution in [0.2, 0.25) is 0 Å². The van der Waals surface area contributed by atoms with Gasteiger partial charge < -0.3 is 14.8 Å². The average molecular weight is 447 g/mol. The van der Waals surface area contributed by atoms with Crippen molar-refractivity contribution in [2.24, 2.45) is 4.99 Å². The summed E-state index contributed by atoms with van der Waals surface area (Å²) in [4.78, 5) is 21.8. The number of carbonyl (C=O) groups is 1. The Bertz CT molecular complexity index is 1270. The van der Waals surface area contributed by atoms with E-state index in [1.165, 1.54) is 11.3 Å². The number of ether oxygens (including phenoxy) is 2. The molecule has 1 aliphatic rings. The number of nitrogens with one attached hydrogen (secondary N) is 1. The maximum atomic E-state index is 12.6. The maximum absolute atomic E-state index is 12.6. The molecule has 0 atom stereocenters. The third-order valence-electron chi connectivity index (χ3n) is 5.03. The highest BCUT2D eigenvalue weighted by atomic mass is 32.1. The number of rotatable bonds is 7. The third-order valence-corrected chi connectivity index (χ3v) is 5.95. The molecular weight excluding hydrogens is 424 g/mol. The first-order valence-corrected chi connectivity index (χ1v) is 11.2. The first kappa shape index (κ1) is 21.5. The van der Waals surface area contributed by atoms with Gasteiger partial charge in [0.15, 0.2) is 5.57 Å². The van der Waals surface area contributed by atoms with E-state index in [1.807, 2.05) is 48.5 Å². The molecular formula is C24H22N4O3S. The zero-order chi connectivity index (χ0) is 22.5. The summed E-state index contributed by atoms with van der Waals surface area (Å²) in [5, 5.41) is 13.4. The Morgan fingerprint density at radius 2 is 2.03 bits per heavy atom. The number of aliphatic imine (C=N–C) groups is 1. The van der Waals surface area contributed by atoms with Crippen molar-refractivity contribution in [3.05, 3.63) is 59.2 Å². The zero-order valence-corrected chi connectivity index (χ0v) is 18.7. The van der Waals surface area contributed by atoms with Gasteiger partial charge in [0.25, 0.3) is 0 Å². The molecule has 2 heterocycles. The van der Waals surface area contributed by atoms with Gasteiger partial charge in [0.2, 0.25) is 5.13 Å². The van der Waals surface area contributed by atoms with Crippen LogP contribution >= 0.6 is 11.3 Å². The van der Waals surface area contributed by atoms with Crippen molar-refractivity contribution in [2.45, 2.75) is 26.2 Å². The van der Waals surface area contributed by atoms with Crippen molar-refractivity contribution in [3.63, 3.8) is 0 Å². The van der Waals surface area contributed by atoms with Gasteiger partial charge in [0.1, 0.15) is 17.7 Å². The molecule has 7 nitrogen and oxygen atoms in total. The summed E-state index contributed by atoms with van der Waals surface area (Å²) in [6.07, 6.45) is 2.77. The predicted molar refractivity (Wildman–Crippen MR) is 125 cm³/mol. The summed E-state index contributed by atoms with van der Waals surface area (Å²) in [6.45, 7) is 2.37. The molecule has 1 aromatic heterocycles. The van der Waals surface area contributed by atoms with E-state index in [0.29, 0.717) is 23.3 Å². The van der Waals surface area contributed by atoms with E-state index in [0.717, 1.165) is 46.4 Å². The fourth-order valence-electron chi connectivity index (χ4n) is 3.40. The van der Waals surface area contributed by atoms with Gasteiger partial charge in [-0.25, -0.2) is 14.8 Å². The number of unbranched alkanes of at least 4 members (excludes halogenated alkanes) is 2. The van der Waals surface area contributed by atoms with E-state index in [1.54, 1.807) is 7.11 Å². The number of nitrogens with zero attached hydrogens (tertiary/aromatic N) is 3. The second-order valence-electron chi connectivity index (χ2n) is 7.17. The Morgan fingerprint density at radius 1 is 1.22 bits per heavy atom. The molecule has 0 bridgehead atoms. The molecule has 0 amide bonds. The van der Waals surface area contributed by atoms with Gasteiger partial charge in [-0.3, -0.25) is 0 Å². The molecule has 1 N–H and O–H groups in total. The van der Waals surface area contributed by atoms with Gasteiger partial charge in [-0.15, -0.1) is 0 Å². The van der Waals surface area contributed by atoms with E-state index < -0.39 is 5.97 Å². The number of esters is 1. The molecule has 2 aromatic carbocycles. The molecule has 0 unspecified atom stereocenters. The number of hydrogen-bond donors (Lipinski definition) is 1. The first-order valence-electron chi connectivity index (χ1n) is 10.4. The zero-order valence-electron chi connectivity index (χ0n) is 17.8. The number of thiazole rings is 1. The Kier molecular flexibility index (Phi) is 6.47. The second-order valence-corrected chi connectivity index (χ2v) is 8.18. The molecule has 0 aliphatic carbocycles. The van der Waals surface area contributed by atoms with E-state index in [-0.39, 0.29) is 5.57 Å². The molecule has 162 valence electrons. The molecule has 0 spiro atoms. The molecule has 32 heavy (non-hydrogen) atoms. The number of aromatic nitrogens is 1. The lowest BCUT2D eigenvalue weighted by atomic mass is 10.1. The molecule has 0 saturated carbocycles. The number of amidine groups is 1. The molecule has 0 saturated heterocycles. The minimum atomic E-state index is -0.630. The van der Waals surface area contributed by atoms with Gasteiger partial charge in [0.05, 0.1) is 29.6 Å². The summed E-state index contributed by atoms with van der Waals surface area (Å²) in [6, 6.07) is 15.2. The third kappa shape index (κ3) is 4.34. The fourth-order valence-corrected chi connectivity index (χ4v) is 4.27. The van der Waals surface area contributed by atoms with Crippen LogP contribution in [-0.4, -0.2) is 30.5 Å². The first-order chi connectivity index (χ1) is 15.6. The summed E-state index contributed by atoms with van der Waals surface area (Å²) in [7, 11) is 1.62. The van der Waals surface area contributed by atoms with Crippen LogP contribution in [0.25, 0.3) is 15.9 Å². The van der Waals surface area contributed by atoms with Gasteiger partial charge in [0, 0.05) is 11.1 Å². The van der Waals surface area contributed by atoms with E-state index >= 15 is 0 Å². The predicted octanol–water partition coefficient (Wildman–Crippen LogP) is 4.95. The van der Waals surface area contributed by atoms with Crippen LogP contribution in [-0.2, 0) is 9.53 Å². The average Bonchev–Trinajstić information content (AvgIpc) is 3.38. The second kappa shape index (κ2) is 9.62. The van der Waals surface area contributed by atoms with Crippen LogP contribution in [0.15, 0.2) is 53.0 Å². The fraction of sp³-hybridized carbons (Fsp3) is 0.250. The molecule has 3 aromatic rings. The molecule has 4 rings (SSSR count). The summed E-state index contributed by atoms with van der Waals surface area (Å²) in [5.41, 5.74) is 2.70. The Morgan fingerprint density at radius 3 is 2.78 bits per heavy atom. The SMILES string of the molecule is CCCCCOC(=O)C(C#N)=C1N/C(=N\c2nc3ccc(OC)cc3s2)c2ccccc21. The van der Waals surface area contributed by atoms with Crippen molar-refractivity contribution in [1.29, 1.82) is 5.26 Å². The van der Waals surface area contributed by atoms with Gasteiger partial charge in [-0.05, 0) is 24.6 Å². The van der Waals surface area contributed by atoms with Crippen molar-refractivity contribution in [3.8, 4) is 11.8 Å². The number of fused-ring (bicyclic) bond motifs is 2. The molecule has 1 aliphatic heterocycles. The lowest BCUT2D eigenvalue weighted by Gasteiger charge is -2.06. The van der Waals surface area contributed by atoms with Gasteiger partial charge >= 0.3 is 5.97 Å². The minimum Gasteiger partial charge on any atom is -0.497 e. The lowest BCUT2D eigenvalue weighted by molar-refractivity contribution is -0.138. The van der Waals surface area contributed by atoms with Crippen LogP contribution in [0.4, 0.5) is 5.13 Å². The van der Waals surface area contributed by atoms with Crippen molar-refractivity contribution in [1.82, 2.24) is 10.3 Å². The van der Waals surface area contributed by atoms with Gasteiger partial charge in [-0.1, -0.05) is 55.4 Å².